The minimum Gasteiger partial charge on any atom is -0.481 e. The predicted octanol–water partition coefficient (Wildman–Crippen LogP) is 2.83. The lowest BCUT2D eigenvalue weighted by molar-refractivity contribution is -0.137. The Labute approximate surface area is 131 Å². The van der Waals surface area contributed by atoms with Crippen LogP contribution in [0.4, 0.5) is 4.79 Å². The van der Waals surface area contributed by atoms with Crippen molar-refractivity contribution >= 4 is 12.0 Å². The highest BCUT2D eigenvalue weighted by Crippen LogP contribution is 2.37. The fourth-order valence-corrected chi connectivity index (χ4v) is 3.30. The SMILES string of the molecule is CC1CC(c2ccccc2)C(C)N1C(=O)NCCCC(=O)O. The van der Waals surface area contributed by atoms with Crippen LogP contribution in [-0.4, -0.2) is 40.6 Å². The molecule has 120 valence electrons. The molecule has 2 amide bonds. The molecule has 0 saturated carbocycles. The number of carboxylic acid groups (broad SMARTS) is 1. The molecule has 0 spiro atoms. The third kappa shape index (κ3) is 3.78. The number of likely N-dealkylation sites (tertiary alicyclic amines) is 1. The first-order valence-corrected chi connectivity index (χ1v) is 7.83. The van der Waals surface area contributed by atoms with Gasteiger partial charge in [-0.25, -0.2) is 4.79 Å². The van der Waals surface area contributed by atoms with E-state index in [9.17, 15) is 9.59 Å². The summed E-state index contributed by atoms with van der Waals surface area (Å²) >= 11 is 0. The van der Waals surface area contributed by atoms with Crippen molar-refractivity contribution in [2.75, 3.05) is 6.54 Å². The molecule has 1 aliphatic rings. The van der Waals surface area contributed by atoms with Gasteiger partial charge >= 0.3 is 12.0 Å². The first-order chi connectivity index (χ1) is 10.5. The van der Waals surface area contributed by atoms with Crippen molar-refractivity contribution in [3.63, 3.8) is 0 Å². The van der Waals surface area contributed by atoms with Crippen molar-refractivity contribution in [2.24, 2.45) is 0 Å². The molecule has 1 fully saturated rings. The molecule has 22 heavy (non-hydrogen) atoms. The molecule has 5 heteroatoms. The van der Waals surface area contributed by atoms with Gasteiger partial charge in [0.1, 0.15) is 0 Å². The summed E-state index contributed by atoms with van der Waals surface area (Å²) < 4.78 is 0. The summed E-state index contributed by atoms with van der Waals surface area (Å²) in [7, 11) is 0. The summed E-state index contributed by atoms with van der Waals surface area (Å²) in [5.41, 5.74) is 1.27. The summed E-state index contributed by atoms with van der Waals surface area (Å²) in [5.74, 6) is -0.484. The van der Waals surface area contributed by atoms with E-state index in [1.54, 1.807) is 0 Å². The van der Waals surface area contributed by atoms with Gasteiger partial charge in [-0.2, -0.15) is 0 Å². The number of nitrogens with zero attached hydrogens (tertiary/aromatic N) is 1. The molecule has 0 aromatic heterocycles. The Bertz CT molecular complexity index is 518. The van der Waals surface area contributed by atoms with Crippen molar-refractivity contribution in [2.45, 2.75) is 51.1 Å². The van der Waals surface area contributed by atoms with Crippen molar-refractivity contribution < 1.29 is 14.7 Å². The van der Waals surface area contributed by atoms with Gasteiger partial charge in [0.25, 0.3) is 0 Å². The molecule has 1 aromatic rings. The van der Waals surface area contributed by atoms with Crippen LogP contribution in [0.15, 0.2) is 30.3 Å². The lowest BCUT2D eigenvalue weighted by atomic mass is 9.92. The first kappa shape index (κ1) is 16.3. The Morgan fingerprint density at radius 2 is 1.95 bits per heavy atom. The second kappa shape index (κ2) is 7.29. The molecule has 5 nitrogen and oxygen atoms in total. The molecule has 2 rings (SSSR count). The highest BCUT2D eigenvalue weighted by Gasteiger charge is 2.39. The van der Waals surface area contributed by atoms with E-state index < -0.39 is 5.97 Å². The highest BCUT2D eigenvalue weighted by atomic mass is 16.4. The van der Waals surface area contributed by atoms with Crippen molar-refractivity contribution in [1.29, 1.82) is 0 Å². The van der Waals surface area contributed by atoms with E-state index >= 15 is 0 Å². The Balaban J connectivity index is 1.93. The molecular weight excluding hydrogens is 280 g/mol. The van der Waals surface area contributed by atoms with Gasteiger partial charge in [0.15, 0.2) is 0 Å². The van der Waals surface area contributed by atoms with Gasteiger partial charge in [0.2, 0.25) is 0 Å². The third-order valence-electron chi connectivity index (χ3n) is 4.40. The van der Waals surface area contributed by atoms with E-state index in [4.69, 9.17) is 5.11 Å². The van der Waals surface area contributed by atoms with Gasteiger partial charge in [-0.3, -0.25) is 4.79 Å². The zero-order valence-corrected chi connectivity index (χ0v) is 13.2. The average Bonchev–Trinajstić information content (AvgIpc) is 2.79. The van der Waals surface area contributed by atoms with Crippen LogP contribution in [-0.2, 0) is 4.79 Å². The lowest BCUT2D eigenvalue weighted by Gasteiger charge is -2.28. The minimum atomic E-state index is -0.832. The maximum Gasteiger partial charge on any atom is 0.317 e. The molecule has 1 aliphatic heterocycles. The molecule has 1 aromatic carbocycles. The van der Waals surface area contributed by atoms with Crippen LogP contribution in [0.5, 0.6) is 0 Å². The fourth-order valence-electron chi connectivity index (χ4n) is 3.30. The normalized spacial score (nSPS) is 24.3. The molecule has 3 atom stereocenters. The van der Waals surface area contributed by atoms with Crippen LogP contribution in [0.3, 0.4) is 0 Å². The number of carbonyl (C=O) groups excluding carboxylic acids is 1. The smallest absolute Gasteiger partial charge is 0.317 e. The van der Waals surface area contributed by atoms with Crippen molar-refractivity contribution in [1.82, 2.24) is 10.2 Å². The third-order valence-corrected chi connectivity index (χ3v) is 4.40. The number of nitrogens with one attached hydrogen (secondary N) is 1. The lowest BCUT2D eigenvalue weighted by Crippen LogP contribution is -2.46. The molecule has 2 N–H and O–H groups in total. The number of hydrogen-bond donors (Lipinski definition) is 2. The van der Waals surface area contributed by atoms with E-state index in [2.05, 4.69) is 31.3 Å². The summed E-state index contributed by atoms with van der Waals surface area (Å²) in [6, 6.07) is 10.5. The van der Waals surface area contributed by atoms with Crippen molar-refractivity contribution in [3.05, 3.63) is 35.9 Å². The zero-order chi connectivity index (χ0) is 16.1. The van der Waals surface area contributed by atoms with E-state index in [0.29, 0.717) is 18.9 Å². The van der Waals surface area contributed by atoms with Crippen LogP contribution in [0.1, 0.15) is 44.6 Å². The monoisotopic (exact) mass is 304 g/mol. The molecule has 0 radical (unpaired) electrons. The van der Waals surface area contributed by atoms with Crippen LogP contribution in [0.2, 0.25) is 0 Å². The second-order valence-electron chi connectivity index (χ2n) is 5.98. The Morgan fingerprint density at radius 1 is 1.27 bits per heavy atom. The Hall–Kier alpha value is -2.04. The quantitative estimate of drug-likeness (QED) is 0.822. The summed E-state index contributed by atoms with van der Waals surface area (Å²) in [4.78, 5) is 24.7. The van der Waals surface area contributed by atoms with Gasteiger partial charge in [-0.15, -0.1) is 0 Å². The highest BCUT2D eigenvalue weighted by molar-refractivity contribution is 5.75. The van der Waals surface area contributed by atoms with E-state index in [-0.39, 0.29) is 24.5 Å². The fraction of sp³-hybridized carbons (Fsp3) is 0.529. The molecule has 1 saturated heterocycles. The first-order valence-electron chi connectivity index (χ1n) is 7.83. The molecule has 0 aliphatic carbocycles. The number of urea groups is 1. The summed E-state index contributed by atoms with van der Waals surface area (Å²) in [6.45, 7) is 4.55. The van der Waals surface area contributed by atoms with Gasteiger partial charge in [0.05, 0.1) is 0 Å². The van der Waals surface area contributed by atoms with Gasteiger partial charge in [-0.05, 0) is 32.3 Å². The number of benzene rings is 1. The number of carboxylic acids is 1. The number of carbonyl (C=O) groups is 2. The number of aliphatic carboxylic acids is 1. The molecular formula is C17H24N2O3. The number of amides is 2. The van der Waals surface area contributed by atoms with Crippen LogP contribution in [0.25, 0.3) is 0 Å². The van der Waals surface area contributed by atoms with Crippen LogP contribution < -0.4 is 5.32 Å². The van der Waals surface area contributed by atoms with Crippen LogP contribution >= 0.6 is 0 Å². The summed E-state index contributed by atoms with van der Waals surface area (Å²) in [5, 5.41) is 11.4. The van der Waals surface area contributed by atoms with Gasteiger partial charge in [-0.1, -0.05) is 30.3 Å². The summed E-state index contributed by atoms with van der Waals surface area (Å²) in [6.07, 6.45) is 1.49. The molecule has 3 unspecified atom stereocenters. The maximum atomic E-state index is 12.4. The number of rotatable bonds is 5. The molecule has 1 heterocycles. The van der Waals surface area contributed by atoms with E-state index in [1.807, 2.05) is 23.1 Å². The van der Waals surface area contributed by atoms with Gasteiger partial charge in [0, 0.05) is 31.0 Å². The largest absolute Gasteiger partial charge is 0.481 e. The van der Waals surface area contributed by atoms with Crippen molar-refractivity contribution in [3.8, 4) is 0 Å². The van der Waals surface area contributed by atoms with Gasteiger partial charge < -0.3 is 15.3 Å². The Morgan fingerprint density at radius 3 is 2.59 bits per heavy atom. The topological polar surface area (TPSA) is 69.6 Å². The standard InChI is InChI=1S/C17H24N2O3/c1-12-11-15(14-7-4-3-5-8-14)13(2)19(12)17(22)18-10-6-9-16(20)21/h3-5,7-8,12-13,15H,6,9-11H2,1-2H3,(H,18,22)(H,20,21). The zero-order valence-electron chi connectivity index (χ0n) is 13.2. The predicted molar refractivity (Wildman–Crippen MR) is 84.8 cm³/mol. The minimum absolute atomic E-state index is 0.0814. The van der Waals surface area contributed by atoms with E-state index in [0.717, 1.165) is 6.42 Å². The van der Waals surface area contributed by atoms with E-state index in [1.165, 1.54) is 5.56 Å². The van der Waals surface area contributed by atoms with Crippen LogP contribution in [0, 0.1) is 0 Å². The maximum absolute atomic E-state index is 12.4. The Kier molecular flexibility index (Phi) is 5.41. The molecule has 0 bridgehead atoms. The number of hydrogen-bond acceptors (Lipinski definition) is 2. The second-order valence-corrected chi connectivity index (χ2v) is 5.98. The average molecular weight is 304 g/mol.